The number of amides is 3. The number of hydrogen-bond acceptors (Lipinski definition) is 7. The maximum Gasteiger partial charge on any atom is 0.306 e. The quantitative estimate of drug-likeness (QED) is 0.0789. The molecule has 3 aromatic carbocycles. The number of halogens is 1. The van der Waals surface area contributed by atoms with E-state index in [4.69, 9.17) is 9.47 Å². The van der Waals surface area contributed by atoms with E-state index >= 15 is 4.79 Å². The number of aliphatic hydroxyl groups is 1. The van der Waals surface area contributed by atoms with Gasteiger partial charge in [0.2, 0.25) is 11.8 Å². The summed E-state index contributed by atoms with van der Waals surface area (Å²) in [6.45, 7) is 8.00. The van der Waals surface area contributed by atoms with Gasteiger partial charge in [0.1, 0.15) is 18.2 Å². The second-order valence-corrected chi connectivity index (χ2v) is 14.9. The molecular weight excluding hydrogens is 726 g/mol. The lowest BCUT2D eigenvalue weighted by Crippen LogP contribution is -2.57. The first-order valence-corrected chi connectivity index (χ1v) is 18.9. The van der Waals surface area contributed by atoms with Gasteiger partial charge in [-0.05, 0) is 60.6 Å². The highest BCUT2D eigenvalue weighted by Gasteiger charge is 2.76. The highest BCUT2D eigenvalue weighted by atomic mass is 79.9. The van der Waals surface area contributed by atoms with E-state index in [1.165, 1.54) is 0 Å². The van der Waals surface area contributed by atoms with Gasteiger partial charge < -0.3 is 29.7 Å². The van der Waals surface area contributed by atoms with Crippen molar-refractivity contribution in [3.05, 3.63) is 104 Å². The number of alkyl halides is 1. The van der Waals surface area contributed by atoms with Gasteiger partial charge in [0.25, 0.3) is 5.91 Å². The number of aliphatic hydroxyl groups excluding tert-OH is 1. The summed E-state index contributed by atoms with van der Waals surface area (Å²) in [4.78, 5) is 59.5. The standard InChI is InChI=1S/C41H46BrN3O7/c1-3-5-18-33(47)51-26-32(28-15-8-6-9-16-28)43-38(48)34-35-39(49)45(22-12-7-13-23-46)37(41(35)25-31(42)36(34)52-41)40(50)44(21-4-2)30-20-19-27-14-10-11-17-29(27)24-30/h3-4,6,8-11,14-17,19-20,24,31-32,34-37,46H,1-2,5,7,12-13,18,21-23,25-26H2,(H,43,48)/t31?,32-,34-,35+,36-,37-,41+/m0/s1. The smallest absolute Gasteiger partial charge is 0.306 e. The fraction of sp³-hybridized carbons (Fsp3) is 0.415. The third-order valence-electron chi connectivity index (χ3n) is 10.5. The van der Waals surface area contributed by atoms with Crippen molar-refractivity contribution in [3.8, 4) is 0 Å². The molecule has 3 amide bonds. The predicted molar refractivity (Wildman–Crippen MR) is 203 cm³/mol. The van der Waals surface area contributed by atoms with E-state index in [0.29, 0.717) is 37.8 Å². The summed E-state index contributed by atoms with van der Waals surface area (Å²) in [5, 5.41) is 14.5. The van der Waals surface area contributed by atoms with Gasteiger partial charge in [0.05, 0.1) is 24.0 Å². The normalized spacial score (nSPS) is 25.1. The van der Waals surface area contributed by atoms with Crippen molar-refractivity contribution >= 4 is 56.1 Å². The van der Waals surface area contributed by atoms with Crippen LogP contribution in [0.5, 0.6) is 0 Å². The predicted octanol–water partition coefficient (Wildman–Crippen LogP) is 5.64. The Labute approximate surface area is 313 Å². The number of ether oxygens (including phenoxy) is 2. The molecule has 0 radical (unpaired) electrons. The van der Waals surface area contributed by atoms with Crippen LogP contribution in [0.25, 0.3) is 10.8 Å². The molecule has 1 spiro atoms. The molecule has 52 heavy (non-hydrogen) atoms. The summed E-state index contributed by atoms with van der Waals surface area (Å²) in [6, 6.07) is 21.3. The van der Waals surface area contributed by atoms with Crippen molar-refractivity contribution in [2.75, 3.05) is 31.2 Å². The number of hydrogen-bond donors (Lipinski definition) is 2. The zero-order chi connectivity index (χ0) is 36.8. The largest absolute Gasteiger partial charge is 0.463 e. The molecule has 3 fully saturated rings. The summed E-state index contributed by atoms with van der Waals surface area (Å²) in [6.07, 6.45) is 5.46. The first-order chi connectivity index (χ1) is 25.2. The second-order valence-electron chi connectivity index (χ2n) is 13.7. The van der Waals surface area contributed by atoms with E-state index in [9.17, 15) is 19.5 Å². The Kier molecular flexibility index (Phi) is 11.9. The number of nitrogens with one attached hydrogen (secondary N) is 1. The van der Waals surface area contributed by atoms with E-state index in [1.54, 1.807) is 22.0 Å². The van der Waals surface area contributed by atoms with Crippen LogP contribution in [0.4, 0.5) is 5.69 Å². The number of anilines is 1. The number of esters is 1. The van der Waals surface area contributed by atoms with Gasteiger partial charge >= 0.3 is 5.97 Å². The van der Waals surface area contributed by atoms with Crippen LogP contribution in [0.1, 0.15) is 50.1 Å². The fourth-order valence-corrected chi connectivity index (χ4v) is 9.05. The zero-order valence-corrected chi connectivity index (χ0v) is 30.8. The minimum Gasteiger partial charge on any atom is -0.463 e. The lowest BCUT2D eigenvalue weighted by Gasteiger charge is -2.37. The number of benzene rings is 3. The molecule has 3 heterocycles. The van der Waals surface area contributed by atoms with Crippen LogP contribution in [-0.4, -0.2) is 82.6 Å². The first kappa shape index (κ1) is 37.4. The Morgan fingerprint density at radius 3 is 2.52 bits per heavy atom. The molecule has 0 aliphatic carbocycles. The third-order valence-corrected chi connectivity index (χ3v) is 11.3. The van der Waals surface area contributed by atoms with Gasteiger partial charge in [-0.3, -0.25) is 19.2 Å². The molecule has 2 bridgehead atoms. The molecule has 3 saturated heterocycles. The van der Waals surface area contributed by atoms with Gasteiger partial charge in [-0.25, -0.2) is 0 Å². The van der Waals surface area contributed by atoms with Gasteiger partial charge in [0.15, 0.2) is 0 Å². The Morgan fingerprint density at radius 2 is 1.79 bits per heavy atom. The summed E-state index contributed by atoms with van der Waals surface area (Å²) in [7, 11) is 0. The average Bonchev–Trinajstić information content (AvgIpc) is 3.75. The van der Waals surface area contributed by atoms with Crippen LogP contribution in [-0.2, 0) is 28.7 Å². The summed E-state index contributed by atoms with van der Waals surface area (Å²) >= 11 is 3.77. The molecule has 7 atom stereocenters. The first-order valence-electron chi connectivity index (χ1n) is 18.0. The topological polar surface area (TPSA) is 125 Å². The molecule has 0 saturated carbocycles. The number of carbonyl (C=O) groups is 4. The maximum atomic E-state index is 15.0. The molecule has 3 aliphatic heterocycles. The number of unbranched alkanes of at least 4 members (excludes halogenated alkanes) is 2. The molecule has 1 unspecified atom stereocenters. The summed E-state index contributed by atoms with van der Waals surface area (Å²) in [5.41, 5.74) is 0.150. The highest BCUT2D eigenvalue weighted by molar-refractivity contribution is 9.09. The average molecular weight is 773 g/mol. The Morgan fingerprint density at radius 1 is 1.04 bits per heavy atom. The summed E-state index contributed by atoms with van der Waals surface area (Å²) in [5.74, 6) is -3.23. The SMILES string of the molecule is C=CCCC(=O)OC[C@H](NC(=O)[C@@H]1[C@H]2O[C@@]3(CC2Br)[C@H](C(=O)N(CC=C)c2ccc4ccccc4c2)N(CCCCCO)C(=O)[C@@H]13)c1ccccc1. The van der Waals surface area contributed by atoms with Crippen molar-refractivity contribution in [1.29, 1.82) is 0 Å². The van der Waals surface area contributed by atoms with E-state index in [0.717, 1.165) is 16.3 Å². The highest BCUT2D eigenvalue weighted by Crippen LogP contribution is 2.60. The van der Waals surface area contributed by atoms with Crippen molar-refractivity contribution in [2.45, 2.75) is 67.1 Å². The number of allylic oxidation sites excluding steroid dienone is 1. The Bertz CT molecular complexity index is 1800. The molecule has 10 nitrogen and oxygen atoms in total. The van der Waals surface area contributed by atoms with Crippen molar-refractivity contribution in [3.63, 3.8) is 0 Å². The third kappa shape index (κ3) is 7.31. The minimum absolute atomic E-state index is 0.0302. The molecule has 274 valence electrons. The second kappa shape index (κ2) is 16.6. The number of nitrogens with zero attached hydrogens (tertiary/aromatic N) is 2. The molecular formula is C41H46BrN3O7. The maximum absolute atomic E-state index is 15.0. The van der Waals surface area contributed by atoms with Crippen molar-refractivity contribution < 1.29 is 33.8 Å². The van der Waals surface area contributed by atoms with Crippen LogP contribution in [0.3, 0.4) is 0 Å². The van der Waals surface area contributed by atoms with E-state index in [1.807, 2.05) is 72.8 Å². The number of likely N-dealkylation sites (tertiary alicyclic amines) is 1. The monoisotopic (exact) mass is 771 g/mol. The van der Waals surface area contributed by atoms with Crippen molar-refractivity contribution in [1.82, 2.24) is 10.2 Å². The zero-order valence-electron chi connectivity index (χ0n) is 29.2. The van der Waals surface area contributed by atoms with E-state index in [2.05, 4.69) is 34.4 Å². The molecule has 0 aromatic heterocycles. The lowest BCUT2D eigenvalue weighted by molar-refractivity contribution is -0.145. The van der Waals surface area contributed by atoms with Gasteiger partial charge in [-0.2, -0.15) is 0 Å². The number of rotatable bonds is 17. The Balaban J connectivity index is 1.33. The number of fused-ring (bicyclic) bond motifs is 2. The molecule has 2 N–H and O–H groups in total. The van der Waals surface area contributed by atoms with Crippen LogP contribution in [0.2, 0.25) is 0 Å². The fourth-order valence-electron chi connectivity index (χ4n) is 8.11. The molecule has 3 aromatic rings. The van der Waals surface area contributed by atoms with Gasteiger partial charge in [-0.15, -0.1) is 13.2 Å². The molecule has 11 heteroatoms. The van der Waals surface area contributed by atoms with Gasteiger partial charge in [-0.1, -0.05) is 88.7 Å². The van der Waals surface area contributed by atoms with E-state index in [-0.39, 0.29) is 49.4 Å². The Hall–Kier alpha value is -4.32. The number of carbonyl (C=O) groups excluding carboxylic acids is 4. The van der Waals surface area contributed by atoms with Crippen LogP contribution >= 0.6 is 15.9 Å². The minimum atomic E-state index is -1.26. The van der Waals surface area contributed by atoms with E-state index < -0.39 is 47.5 Å². The molecule has 6 rings (SSSR count). The van der Waals surface area contributed by atoms with Crippen LogP contribution < -0.4 is 10.2 Å². The molecule has 3 aliphatic rings. The van der Waals surface area contributed by atoms with Crippen LogP contribution in [0, 0.1) is 11.8 Å². The lowest BCUT2D eigenvalue weighted by atomic mass is 9.70. The van der Waals surface area contributed by atoms with Crippen molar-refractivity contribution in [2.24, 2.45) is 11.8 Å². The summed E-state index contributed by atoms with van der Waals surface area (Å²) < 4.78 is 12.3. The van der Waals surface area contributed by atoms with Crippen LogP contribution in [0.15, 0.2) is 98.1 Å². The van der Waals surface area contributed by atoms with Gasteiger partial charge in [0, 0.05) is 36.6 Å².